The fourth-order valence-corrected chi connectivity index (χ4v) is 4.47. The number of aromatic nitrogens is 1. The van der Waals surface area contributed by atoms with Crippen molar-refractivity contribution in [3.63, 3.8) is 0 Å². The Labute approximate surface area is 163 Å². The second-order valence-corrected chi connectivity index (χ2v) is 7.86. The quantitative estimate of drug-likeness (QED) is 0.664. The third kappa shape index (κ3) is 4.03. The van der Waals surface area contributed by atoms with E-state index in [1.165, 1.54) is 28.0 Å². The average molecular weight is 378 g/mol. The van der Waals surface area contributed by atoms with Crippen molar-refractivity contribution in [1.82, 2.24) is 10.3 Å². The van der Waals surface area contributed by atoms with Crippen molar-refractivity contribution >= 4 is 22.4 Å². The zero-order valence-corrected chi connectivity index (χ0v) is 16.2. The Morgan fingerprint density at radius 3 is 2.78 bits per heavy atom. The summed E-state index contributed by atoms with van der Waals surface area (Å²) in [4.78, 5) is 18.0. The van der Waals surface area contributed by atoms with Gasteiger partial charge in [-0.1, -0.05) is 65.9 Å². The fourth-order valence-electron chi connectivity index (χ4n) is 3.57. The van der Waals surface area contributed by atoms with Crippen LogP contribution in [0.15, 0.2) is 54.6 Å². The van der Waals surface area contributed by atoms with E-state index in [-0.39, 0.29) is 11.9 Å². The maximum absolute atomic E-state index is 12.8. The molecule has 0 aliphatic heterocycles. The predicted octanol–water partition coefficient (Wildman–Crippen LogP) is 4.52. The average Bonchev–Trinajstić information content (AvgIpc) is 3.26. The normalized spacial score (nSPS) is 15.4. The second kappa shape index (κ2) is 7.92. The molecule has 0 bridgehead atoms. The Bertz CT molecular complexity index is 936. The largest absolute Gasteiger partial charge is 0.361 e. The monoisotopic (exact) mass is 377 g/mol. The Kier molecular flexibility index (Phi) is 5.21. The van der Waals surface area contributed by atoms with Crippen LogP contribution in [0.2, 0.25) is 0 Å². The summed E-state index contributed by atoms with van der Waals surface area (Å²) >= 11 is 1.43. The Balaban J connectivity index is 1.37. The number of benzene rings is 2. The number of fused-ring (bicyclic) bond motifs is 1. The molecular weight excluding hydrogens is 354 g/mol. The van der Waals surface area contributed by atoms with Crippen LogP contribution >= 0.6 is 11.3 Å². The summed E-state index contributed by atoms with van der Waals surface area (Å²) in [6.45, 7) is 2.70. The van der Waals surface area contributed by atoms with Crippen molar-refractivity contribution in [2.45, 2.75) is 32.2 Å². The van der Waals surface area contributed by atoms with Crippen LogP contribution in [-0.2, 0) is 12.8 Å². The van der Waals surface area contributed by atoms with E-state index < -0.39 is 0 Å². The molecule has 0 saturated carbocycles. The first-order chi connectivity index (χ1) is 13.2. The number of aryl methyl sites for hydroxylation is 2. The van der Waals surface area contributed by atoms with Crippen molar-refractivity contribution < 1.29 is 4.79 Å². The third-order valence-electron chi connectivity index (χ3n) is 4.97. The van der Waals surface area contributed by atoms with Crippen LogP contribution in [0.3, 0.4) is 0 Å². The predicted molar refractivity (Wildman–Crippen MR) is 110 cm³/mol. The van der Waals surface area contributed by atoms with E-state index >= 15 is 0 Å². The van der Waals surface area contributed by atoms with Gasteiger partial charge in [-0.3, -0.25) is 4.79 Å². The number of carbonyl (C=O) groups excluding carboxylic acids is 1. The van der Waals surface area contributed by atoms with Gasteiger partial charge in [0, 0.05) is 6.54 Å². The van der Waals surface area contributed by atoms with Gasteiger partial charge in [0.2, 0.25) is 0 Å². The summed E-state index contributed by atoms with van der Waals surface area (Å²) in [5.41, 5.74) is 4.66. The highest BCUT2D eigenvalue weighted by molar-refractivity contribution is 7.17. The van der Waals surface area contributed by atoms with Crippen molar-refractivity contribution in [3.05, 3.63) is 81.9 Å². The molecule has 1 atom stereocenters. The van der Waals surface area contributed by atoms with Crippen LogP contribution in [0.5, 0.6) is 0 Å². The summed E-state index contributed by atoms with van der Waals surface area (Å²) in [6, 6.07) is 18.8. The highest BCUT2D eigenvalue weighted by Crippen LogP contribution is 2.31. The molecular formula is C22H23N3OS. The molecule has 1 amide bonds. The highest BCUT2D eigenvalue weighted by atomic mass is 32.1. The third-order valence-corrected chi connectivity index (χ3v) is 6.09. The number of hydrogen-bond donors (Lipinski definition) is 2. The maximum atomic E-state index is 12.8. The molecule has 1 heterocycles. The molecule has 5 heteroatoms. The van der Waals surface area contributed by atoms with Crippen LogP contribution in [-0.4, -0.2) is 17.4 Å². The van der Waals surface area contributed by atoms with E-state index in [0.717, 1.165) is 36.6 Å². The summed E-state index contributed by atoms with van der Waals surface area (Å²) in [6.07, 6.45) is 2.92. The van der Waals surface area contributed by atoms with Crippen molar-refractivity contribution in [3.8, 4) is 0 Å². The number of rotatable bonds is 6. The van der Waals surface area contributed by atoms with E-state index in [0.29, 0.717) is 4.88 Å². The molecule has 4 rings (SSSR count). The van der Waals surface area contributed by atoms with Gasteiger partial charge in [0.05, 0.1) is 11.7 Å². The molecule has 0 unspecified atom stereocenters. The van der Waals surface area contributed by atoms with Gasteiger partial charge in [-0.15, -0.1) is 0 Å². The molecule has 0 fully saturated rings. The van der Waals surface area contributed by atoms with Crippen molar-refractivity contribution in [2.75, 3.05) is 11.9 Å². The lowest BCUT2D eigenvalue weighted by Crippen LogP contribution is -2.26. The fraction of sp³-hybridized carbons (Fsp3) is 0.273. The smallest absolute Gasteiger partial charge is 0.263 e. The molecule has 3 aromatic rings. The van der Waals surface area contributed by atoms with Crippen molar-refractivity contribution in [1.29, 1.82) is 0 Å². The lowest BCUT2D eigenvalue weighted by atomic mass is 10.1. The molecule has 0 saturated heterocycles. The topological polar surface area (TPSA) is 54.0 Å². The maximum Gasteiger partial charge on any atom is 0.263 e. The van der Waals surface area contributed by atoms with E-state index in [1.807, 2.05) is 31.2 Å². The number of hydrogen-bond acceptors (Lipinski definition) is 4. The summed E-state index contributed by atoms with van der Waals surface area (Å²) < 4.78 is 0. The Morgan fingerprint density at radius 2 is 1.93 bits per heavy atom. The SMILES string of the molecule is Cc1nc(NCCc2ccccc2)sc1C(=O)N[C@@H]1CCc2ccccc21. The van der Waals surface area contributed by atoms with Crippen LogP contribution in [0.1, 0.15) is 44.5 Å². The van der Waals surface area contributed by atoms with Gasteiger partial charge in [-0.25, -0.2) is 4.98 Å². The first-order valence-electron chi connectivity index (χ1n) is 9.34. The zero-order valence-electron chi connectivity index (χ0n) is 15.4. The van der Waals surface area contributed by atoms with Crippen molar-refractivity contribution in [2.24, 2.45) is 0 Å². The van der Waals surface area contributed by atoms with Crippen LogP contribution in [0.4, 0.5) is 5.13 Å². The van der Waals surface area contributed by atoms with E-state index in [4.69, 9.17) is 0 Å². The molecule has 27 heavy (non-hydrogen) atoms. The summed E-state index contributed by atoms with van der Waals surface area (Å²) in [5, 5.41) is 7.34. The van der Waals surface area contributed by atoms with E-state index in [1.54, 1.807) is 0 Å². The number of thiazole rings is 1. The minimum atomic E-state index is -0.0252. The molecule has 2 N–H and O–H groups in total. The standard InChI is InChI=1S/C22H23N3OS/c1-15-20(21(26)25-19-12-11-17-9-5-6-10-18(17)19)27-22(24-15)23-14-13-16-7-3-2-4-8-16/h2-10,19H,11-14H2,1H3,(H,23,24)(H,25,26)/t19-/m1/s1. The highest BCUT2D eigenvalue weighted by Gasteiger charge is 2.25. The number of nitrogens with zero attached hydrogens (tertiary/aromatic N) is 1. The minimum Gasteiger partial charge on any atom is -0.361 e. The van der Waals surface area contributed by atoms with Gasteiger partial charge in [-0.05, 0) is 42.9 Å². The molecule has 2 aromatic carbocycles. The molecule has 0 spiro atoms. The van der Waals surface area contributed by atoms with Gasteiger partial charge >= 0.3 is 0 Å². The Hall–Kier alpha value is -2.66. The van der Waals surface area contributed by atoms with Gasteiger partial charge in [-0.2, -0.15) is 0 Å². The van der Waals surface area contributed by atoms with Gasteiger partial charge in [0.15, 0.2) is 5.13 Å². The first-order valence-corrected chi connectivity index (χ1v) is 10.2. The molecule has 0 radical (unpaired) electrons. The second-order valence-electron chi connectivity index (χ2n) is 6.86. The van der Waals surface area contributed by atoms with Gasteiger partial charge < -0.3 is 10.6 Å². The molecule has 4 nitrogen and oxygen atoms in total. The lowest BCUT2D eigenvalue weighted by Gasteiger charge is -2.13. The van der Waals surface area contributed by atoms with Gasteiger partial charge in [0.1, 0.15) is 4.88 Å². The molecule has 138 valence electrons. The number of anilines is 1. The lowest BCUT2D eigenvalue weighted by molar-refractivity contribution is 0.0940. The number of carbonyl (C=O) groups is 1. The van der Waals surface area contributed by atoms with Crippen LogP contribution in [0, 0.1) is 6.92 Å². The number of amides is 1. The Morgan fingerprint density at radius 1 is 1.15 bits per heavy atom. The van der Waals surface area contributed by atoms with Gasteiger partial charge in [0.25, 0.3) is 5.91 Å². The van der Waals surface area contributed by atoms with Crippen LogP contribution < -0.4 is 10.6 Å². The minimum absolute atomic E-state index is 0.0252. The van der Waals surface area contributed by atoms with Crippen LogP contribution in [0.25, 0.3) is 0 Å². The molecule has 1 aliphatic carbocycles. The van der Waals surface area contributed by atoms with E-state index in [2.05, 4.69) is 45.9 Å². The molecule has 1 aromatic heterocycles. The molecule has 1 aliphatic rings. The first kappa shape index (κ1) is 17.7. The summed E-state index contributed by atoms with van der Waals surface area (Å²) in [5.74, 6) is -0.0252. The summed E-state index contributed by atoms with van der Waals surface area (Å²) in [7, 11) is 0. The zero-order chi connectivity index (χ0) is 18.6. The van der Waals surface area contributed by atoms with E-state index in [9.17, 15) is 4.79 Å². The number of nitrogens with one attached hydrogen (secondary N) is 2.